The number of anilines is 1. The molecule has 1 saturated heterocycles. The summed E-state index contributed by atoms with van der Waals surface area (Å²) in [5, 5.41) is 2.94. The Morgan fingerprint density at radius 1 is 1.17 bits per heavy atom. The summed E-state index contributed by atoms with van der Waals surface area (Å²) in [7, 11) is -2.53. The Bertz CT molecular complexity index is 530. The third kappa shape index (κ3) is 2.73. The van der Waals surface area contributed by atoms with Crippen molar-refractivity contribution in [2.75, 3.05) is 37.0 Å². The number of hydrogen-bond donors (Lipinski definition) is 1. The highest BCUT2D eigenvalue weighted by molar-refractivity contribution is 7.89. The molecule has 0 atom stereocenters. The molecule has 0 unspecified atom stereocenters. The topological polar surface area (TPSA) is 66.5 Å². The molecule has 0 radical (unpaired) electrons. The van der Waals surface area contributed by atoms with Crippen molar-refractivity contribution in [1.82, 2.24) is 4.31 Å². The molecule has 7 heteroatoms. The molecule has 0 aromatic heterocycles. The van der Waals surface area contributed by atoms with E-state index in [-0.39, 0.29) is 4.90 Å². The molecular formula is C11H16N2O3S2. The lowest BCUT2D eigenvalue weighted by atomic mass is 10.3. The predicted molar refractivity (Wildman–Crippen MR) is 72.6 cm³/mol. The molecule has 1 aromatic rings. The summed E-state index contributed by atoms with van der Waals surface area (Å²) in [6.07, 6.45) is 0. The maximum absolute atomic E-state index is 12.3. The van der Waals surface area contributed by atoms with Crippen LogP contribution >= 0.6 is 0 Å². The quantitative estimate of drug-likeness (QED) is 0.878. The smallest absolute Gasteiger partial charge is 0.243 e. The molecule has 1 N–H and O–H groups in total. The summed E-state index contributed by atoms with van der Waals surface area (Å²) in [4.78, 5) is 0.286. The molecule has 0 bridgehead atoms. The van der Waals surface area contributed by atoms with E-state index in [0.717, 1.165) is 5.69 Å². The lowest BCUT2D eigenvalue weighted by Gasteiger charge is -2.25. The third-order valence-electron chi connectivity index (χ3n) is 2.92. The van der Waals surface area contributed by atoms with E-state index in [9.17, 15) is 12.6 Å². The first-order chi connectivity index (χ1) is 8.54. The van der Waals surface area contributed by atoms with Crippen molar-refractivity contribution in [1.29, 1.82) is 0 Å². The zero-order valence-corrected chi connectivity index (χ0v) is 11.8. The maximum Gasteiger partial charge on any atom is 0.243 e. The van der Waals surface area contributed by atoms with E-state index >= 15 is 0 Å². The van der Waals surface area contributed by atoms with Gasteiger partial charge in [0.15, 0.2) is 0 Å². The molecule has 1 aliphatic heterocycles. The molecule has 100 valence electrons. The summed E-state index contributed by atoms with van der Waals surface area (Å²) in [5.74, 6) is 0.849. The predicted octanol–water partition coefficient (Wildman–Crippen LogP) is 0.481. The van der Waals surface area contributed by atoms with E-state index in [0.29, 0.717) is 24.6 Å². The molecule has 5 nitrogen and oxygen atoms in total. The Morgan fingerprint density at radius 3 is 2.22 bits per heavy atom. The lowest BCUT2D eigenvalue weighted by molar-refractivity contribution is 0.439. The molecular weight excluding hydrogens is 272 g/mol. The Kier molecular flexibility index (Phi) is 4.04. The van der Waals surface area contributed by atoms with Gasteiger partial charge in [0, 0.05) is 48.1 Å². The van der Waals surface area contributed by atoms with Gasteiger partial charge in [-0.3, -0.25) is 4.21 Å². The Labute approximate surface area is 110 Å². The molecule has 1 fully saturated rings. The SMILES string of the molecule is CNc1ccc(S(=O)(=O)N2CCS(=O)CC2)cc1. The van der Waals surface area contributed by atoms with Crippen molar-refractivity contribution in [3.05, 3.63) is 24.3 Å². The van der Waals surface area contributed by atoms with Crippen LogP contribution in [-0.4, -0.2) is 48.6 Å². The van der Waals surface area contributed by atoms with Gasteiger partial charge in [0.1, 0.15) is 0 Å². The highest BCUT2D eigenvalue weighted by atomic mass is 32.2. The molecule has 1 aromatic carbocycles. The molecule has 1 heterocycles. The highest BCUT2D eigenvalue weighted by Gasteiger charge is 2.27. The van der Waals surface area contributed by atoms with Crippen LogP contribution in [0.15, 0.2) is 29.2 Å². The number of hydrogen-bond acceptors (Lipinski definition) is 4. The average Bonchev–Trinajstić information content (AvgIpc) is 2.39. The summed E-state index contributed by atoms with van der Waals surface area (Å²) < 4.78 is 37.2. The second kappa shape index (κ2) is 5.38. The van der Waals surface area contributed by atoms with Gasteiger partial charge >= 0.3 is 0 Å². The van der Waals surface area contributed by atoms with Crippen molar-refractivity contribution in [3.8, 4) is 0 Å². The second-order valence-electron chi connectivity index (χ2n) is 4.03. The fourth-order valence-corrected chi connectivity index (χ4v) is 4.53. The fraction of sp³-hybridized carbons (Fsp3) is 0.455. The van der Waals surface area contributed by atoms with Gasteiger partial charge in [-0.15, -0.1) is 0 Å². The number of rotatable bonds is 3. The molecule has 0 amide bonds. The largest absolute Gasteiger partial charge is 0.388 e. The van der Waals surface area contributed by atoms with Crippen LogP contribution in [0.25, 0.3) is 0 Å². The van der Waals surface area contributed by atoms with Crippen LogP contribution in [0, 0.1) is 0 Å². The summed E-state index contributed by atoms with van der Waals surface area (Å²) >= 11 is 0. The fourth-order valence-electron chi connectivity index (χ4n) is 1.80. The molecule has 0 saturated carbocycles. The van der Waals surface area contributed by atoms with Crippen LogP contribution in [0.3, 0.4) is 0 Å². The molecule has 0 spiro atoms. The van der Waals surface area contributed by atoms with E-state index in [2.05, 4.69) is 5.32 Å². The molecule has 18 heavy (non-hydrogen) atoms. The van der Waals surface area contributed by atoms with Gasteiger partial charge in [-0.25, -0.2) is 8.42 Å². The van der Waals surface area contributed by atoms with Crippen LogP contribution in [0.5, 0.6) is 0 Å². The van der Waals surface area contributed by atoms with Crippen molar-refractivity contribution in [3.63, 3.8) is 0 Å². The minimum Gasteiger partial charge on any atom is -0.388 e. The molecule has 2 rings (SSSR count). The van der Waals surface area contributed by atoms with Crippen molar-refractivity contribution in [2.24, 2.45) is 0 Å². The maximum atomic E-state index is 12.3. The number of nitrogens with one attached hydrogen (secondary N) is 1. The number of benzene rings is 1. The normalized spacial score (nSPS) is 18.7. The first kappa shape index (κ1) is 13.5. The Hall–Kier alpha value is -0.920. The van der Waals surface area contributed by atoms with Gasteiger partial charge in [-0.05, 0) is 24.3 Å². The highest BCUT2D eigenvalue weighted by Crippen LogP contribution is 2.19. The van der Waals surface area contributed by atoms with Crippen LogP contribution in [-0.2, 0) is 20.8 Å². The Morgan fingerprint density at radius 2 is 1.72 bits per heavy atom. The van der Waals surface area contributed by atoms with Gasteiger partial charge < -0.3 is 5.32 Å². The van der Waals surface area contributed by atoms with Crippen molar-refractivity contribution in [2.45, 2.75) is 4.90 Å². The van der Waals surface area contributed by atoms with Crippen LogP contribution in [0.2, 0.25) is 0 Å². The van der Waals surface area contributed by atoms with Crippen LogP contribution < -0.4 is 5.32 Å². The van der Waals surface area contributed by atoms with Crippen LogP contribution in [0.1, 0.15) is 0 Å². The van der Waals surface area contributed by atoms with E-state index in [4.69, 9.17) is 0 Å². The molecule has 0 aliphatic carbocycles. The minimum atomic E-state index is -3.44. The van der Waals surface area contributed by atoms with Gasteiger partial charge in [0.2, 0.25) is 10.0 Å². The zero-order valence-electron chi connectivity index (χ0n) is 10.1. The van der Waals surface area contributed by atoms with Gasteiger partial charge in [0.25, 0.3) is 0 Å². The van der Waals surface area contributed by atoms with Crippen LogP contribution in [0.4, 0.5) is 5.69 Å². The van der Waals surface area contributed by atoms with Gasteiger partial charge in [-0.1, -0.05) is 0 Å². The number of nitrogens with zero attached hydrogens (tertiary/aromatic N) is 1. The lowest BCUT2D eigenvalue weighted by Crippen LogP contribution is -2.41. The first-order valence-corrected chi connectivity index (χ1v) is 8.60. The average molecular weight is 288 g/mol. The van der Waals surface area contributed by atoms with E-state index in [1.807, 2.05) is 0 Å². The standard InChI is InChI=1S/C11H16N2O3S2/c1-12-10-2-4-11(5-3-10)18(15,16)13-6-8-17(14)9-7-13/h2-5,12H,6-9H2,1H3. The Balaban J connectivity index is 2.21. The minimum absolute atomic E-state index is 0.286. The van der Waals surface area contributed by atoms with E-state index in [1.54, 1.807) is 31.3 Å². The van der Waals surface area contributed by atoms with Gasteiger partial charge in [-0.2, -0.15) is 4.31 Å². The zero-order chi connectivity index (χ0) is 13.2. The first-order valence-electron chi connectivity index (χ1n) is 5.67. The monoisotopic (exact) mass is 288 g/mol. The third-order valence-corrected chi connectivity index (χ3v) is 6.11. The summed E-state index contributed by atoms with van der Waals surface area (Å²) in [6, 6.07) is 6.64. The van der Waals surface area contributed by atoms with E-state index in [1.165, 1.54) is 4.31 Å². The molecule has 1 aliphatic rings. The second-order valence-corrected chi connectivity index (χ2v) is 7.66. The summed E-state index contributed by atoms with van der Waals surface area (Å²) in [5.41, 5.74) is 0.869. The van der Waals surface area contributed by atoms with Gasteiger partial charge in [0.05, 0.1) is 4.90 Å². The van der Waals surface area contributed by atoms with E-state index < -0.39 is 20.8 Å². The van der Waals surface area contributed by atoms with Crippen molar-refractivity contribution < 1.29 is 12.6 Å². The summed E-state index contributed by atoms with van der Waals surface area (Å²) in [6.45, 7) is 0.672. The van der Waals surface area contributed by atoms with Crippen molar-refractivity contribution >= 4 is 26.5 Å². The number of sulfonamides is 1.